The fourth-order valence-electron chi connectivity index (χ4n) is 5.76. The van der Waals surface area contributed by atoms with Crippen LogP contribution in [0.25, 0.3) is 10.9 Å². The number of hydrogen-bond donors (Lipinski definition) is 3. The standard InChI is InChI=1S/C33H41N7O4/c1-19(34-5)31(42)39-29(33(2,3)4)32(43)40-11-7-8-26(40)27(41)14-21-13-24-25(15-28(21)44-6)36-18-37-30(24)38-23-10-9-20-16-35-17-22(20)12-23/h9-10,12-13,15,17-19,26,29,34H,7-8,11,14,16H2,1-6H3,(H,39,42)(H,36,37,38)/t19-,26-,29+/m0/s1. The zero-order chi connectivity index (χ0) is 31.6. The molecule has 44 heavy (non-hydrogen) atoms. The summed E-state index contributed by atoms with van der Waals surface area (Å²) in [5, 5.41) is 9.98. The summed E-state index contributed by atoms with van der Waals surface area (Å²) in [5.74, 6) is 0.568. The topological polar surface area (TPSA) is 138 Å². The quantitative estimate of drug-likeness (QED) is 0.322. The molecule has 11 heteroatoms. The normalized spacial score (nSPS) is 17.3. The molecule has 3 N–H and O–H groups in total. The summed E-state index contributed by atoms with van der Waals surface area (Å²) in [6.07, 6.45) is 4.71. The van der Waals surface area contributed by atoms with Gasteiger partial charge < -0.3 is 25.6 Å². The van der Waals surface area contributed by atoms with Crippen molar-refractivity contribution in [1.29, 1.82) is 0 Å². The number of hydrogen-bond acceptors (Lipinski definition) is 9. The minimum Gasteiger partial charge on any atom is -0.496 e. The molecule has 0 spiro atoms. The lowest BCUT2D eigenvalue weighted by Crippen LogP contribution is -2.58. The molecule has 1 fully saturated rings. The first-order valence-electron chi connectivity index (χ1n) is 15.0. The maximum atomic E-state index is 13.9. The first kappa shape index (κ1) is 31.1. The Bertz CT molecular complexity index is 1610. The molecule has 3 atom stereocenters. The highest BCUT2D eigenvalue weighted by Gasteiger charge is 2.42. The molecular formula is C33H41N7O4. The Kier molecular flexibility index (Phi) is 8.96. The molecule has 2 aromatic carbocycles. The van der Waals surface area contributed by atoms with Crippen molar-refractivity contribution >= 4 is 46.2 Å². The summed E-state index contributed by atoms with van der Waals surface area (Å²) < 4.78 is 5.68. The zero-order valence-electron chi connectivity index (χ0n) is 26.2. The number of aromatic nitrogens is 2. The van der Waals surface area contributed by atoms with E-state index >= 15 is 0 Å². The Morgan fingerprint density at radius 1 is 1.14 bits per heavy atom. The van der Waals surface area contributed by atoms with Crippen molar-refractivity contribution in [1.82, 2.24) is 25.5 Å². The average molecular weight is 600 g/mol. The number of benzene rings is 2. The van der Waals surface area contributed by atoms with Gasteiger partial charge in [0.25, 0.3) is 0 Å². The fraction of sp³-hybridized carbons (Fsp3) is 0.455. The third-order valence-electron chi connectivity index (χ3n) is 8.44. The fourth-order valence-corrected chi connectivity index (χ4v) is 5.76. The van der Waals surface area contributed by atoms with Gasteiger partial charge in [0.2, 0.25) is 11.8 Å². The van der Waals surface area contributed by atoms with Crippen LogP contribution in [0.4, 0.5) is 11.5 Å². The highest BCUT2D eigenvalue weighted by molar-refractivity contribution is 5.97. The van der Waals surface area contributed by atoms with E-state index in [1.165, 1.54) is 11.9 Å². The molecule has 1 saturated heterocycles. The highest BCUT2D eigenvalue weighted by Crippen LogP contribution is 2.32. The second-order valence-corrected chi connectivity index (χ2v) is 12.6. The maximum Gasteiger partial charge on any atom is 0.246 e. The summed E-state index contributed by atoms with van der Waals surface area (Å²) in [7, 11) is 3.26. The number of methoxy groups -OCH3 is 1. The molecule has 232 valence electrons. The van der Waals surface area contributed by atoms with E-state index in [1.54, 1.807) is 26.0 Å². The molecule has 0 saturated carbocycles. The molecule has 0 bridgehead atoms. The van der Waals surface area contributed by atoms with Gasteiger partial charge in [-0.15, -0.1) is 0 Å². The van der Waals surface area contributed by atoms with Gasteiger partial charge in [-0.1, -0.05) is 26.8 Å². The van der Waals surface area contributed by atoms with E-state index < -0.39 is 23.5 Å². The maximum absolute atomic E-state index is 13.9. The zero-order valence-corrected chi connectivity index (χ0v) is 26.2. The number of ether oxygens (including phenoxy) is 1. The van der Waals surface area contributed by atoms with Crippen LogP contribution in [0.5, 0.6) is 5.75 Å². The average Bonchev–Trinajstić information content (AvgIpc) is 3.68. The molecule has 2 amide bonds. The number of likely N-dealkylation sites (tertiary alicyclic amines) is 1. The number of amides is 2. The van der Waals surface area contributed by atoms with E-state index in [1.807, 2.05) is 57.3 Å². The van der Waals surface area contributed by atoms with Crippen molar-refractivity contribution in [2.45, 2.75) is 71.6 Å². The molecule has 2 aliphatic heterocycles. The predicted molar refractivity (Wildman–Crippen MR) is 170 cm³/mol. The number of rotatable bonds is 10. The summed E-state index contributed by atoms with van der Waals surface area (Å²) >= 11 is 0. The molecule has 1 aromatic heterocycles. The number of Topliss-reactive ketones (excluding diaryl/α,β-unsaturated/α-hetero) is 1. The van der Waals surface area contributed by atoms with Gasteiger partial charge in [-0.05, 0) is 61.6 Å². The molecule has 0 radical (unpaired) electrons. The van der Waals surface area contributed by atoms with Crippen LogP contribution < -0.4 is 20.7 Å². The Labute approximate surface area is 257 Å². The van der Waals surface area contributed by atoms with Crippen molar-refractivity contribution in [3.8, 4) is 5.75 Å². The van der Waals surface area contributed by atoms with Gasteiger partial charge in [0.05, 0.1) is 31.3 Å². The number of anilines is 2. The van der Waals surface area contributed by atoms with Crippen molar-refractivity contribution in [3.05, 3.63) is 53.3 Å². The van der Waals surface area contributed by atoms with Gasteiger partial charge in [0.15, 0.2) is 5.78 Å². The minimum absolute atomic E-state index is 0.0700. The predicted octanol–water partition coefficient (Wildman–Crippen LogP) is 3.56. The molecule has 2 aliphatic rings. The summed E-state index contributed by atoms with van der Waals surface area (Å²) in [5.41, 5.74) is 3.93. The van der Waals surface area contributed by atoms with E-state index in [4.69, 9.17) is 4.74 Å². The number of likely N-dealkylation sites (N-methyl/N-ethyl adjacent to an activating group) is 1. The van der Waals surface area contributed by atoms with Gasteiger partial charge in [0.1, 0.15) is 23.9 Å². The third-order valence-corrected chi connectivity index (χ3v) is 8.44. The lowest BCUT2D eigenvalue weighted by molar-refractivity contribution is -0.143. The smallest absolute Gasteiger partial charge is 0.246 e. The monoisotopic (exact) mass is 599 g/mol. The van der Waals surface area contributed by atoms with Crippen molar-refractivity contribution < 1.29 is 19.1 Å². The second kappa shape index (κ2) is 12.7. The Hall–Kier alpha value is -4.38. The molecular weight excluding hydrogens is 558 g/mol. The summed E-state index contributed by atoms with van der Waals surface area (Å²) in [4.78, 5) is 55.4. The lowest BCUT2D eigenvalue weighted by atomic mass is 9.85. The summed E-state index contributed by atoms with van der Waals surface area (Å²) in [6, 6.07) is 7.96. The summed E-state index contributed by atoms with van der Waals surface area (Å²) in [6.45, 7) is 8.63. The number of aliphatic imine (C=N–C) groups is 1. The van der Waals surface area contributed by atoms with Crippen LogP contribution in [0.3, 0.4) is 0 Å². The van der Waals surface area contributed by atoms with Crippen LogP contribution >= 0.6 is 0 Å². The second-order valence-electron chi connectivity index (χ2n) is 12.6. The van der Waals surface area contributed by atoms with Crippen molar-refractivity contribution in [3.63, 3.8) is 0 Å². The van der Waals surface area contributed by atoms with E-state index in [0.717, 1.165) is 16.6 Å². The lowest BCUT2D eigenvalue weighted by Gasteiger charge is -2.36. The number of carbonyl (C=O) groups excluding carboxylic acids is 3. The molecule has 0 aliphatic carbocycles. The number of ketones is 1. The number of nitrogens with zero attached hydrogens (tertiary/aromatic N) is 4. The Balaban J connectivity index is 1.39. The number of fused-ring (bicyclic) bond motifs is 2. The van der Waals surface area contributed by atoms with E-state index in [2.05, 4.69) is 30.9 Å². The molecule has 3 aromatic rings. The SMILES string of the molecule is CN[C@@H](C)C(=O)N[C@H](C(=O)N1CCC[C@H]1C(=O)Cc1cc2c(Nc3ccc4c(c3)C=NC4)ncnc2cc1OC)C(C)(C)C. The van der Waals surface area contributed by atoms with Gasteiger partial charge in [-0.3, -0.25) is 19.4 Å². The van der Waals surface area contributed by atoms with Crippen molar-refractivity contribution in [2.24, 2.45) is 10.4 Å². The minimum atomic E-state index is -0.773. The van der Waals surface area contributed by atoms with E-state index in [-0.39, 0.29) is 24.0 Å². The third kappa shape index (κ3) is 6.42. The number of nitrogens with one attached hydrogen (secondary N) is 3. The molecule has 3 heterocycles. The Morgan fingerprint density at radius 3 is 2.66 bits per heavy atom. The van der Waals surface area contributed by atoms with Gasteiger partial charge in [-0.25, -0.2) is 9.97 Å². The van der Waals surface area contributed by atoms with Crippen LogP contribution in [0.2, 0.25) is 0 Å². The van der Waals surface area contributed by atoms with Crippen LogP contribution in [-0.4, -0.2) is 77.5 Å². The van der Waals surface area contributed by atoms with Gasteiger partial charge in [0, 0.05) is 41.9 Å². The van der Waals surface area contributed by atoms with Gasteiger partial charge in [-0.2, -0.15) is 0 Å². The first-order chi connectivity index (χ1) is 21.0. The largest absolute Gasteiger partial charge is 0.496 e. The van der Waals surface area contributed by atoms with Crippen LogP contribution in [-0.2, 0) is 27.3 Å². The van der Waals surface area contributed by atoms with E-state index in [0.29, 0.717) is 48.6 Å². The van der Waals surface area contributed by atoms with Gasteiger partial charge >= 0.3 is 0 Å². The number of carbonyl (C=O) groups is 3. The Morgan fingerprint density at radius 2 is 1.93 bits per heavy atom. The molecule has 5 rings (SSSR count). The van der Waals surface area contributed by atoms with Crippen LogP contribution in [0.15, 0.2) is 41.7 Å². The van der Waals surface area contributed by atoms with Crippen LogP contribution in [0, 0.1) is 5.41 Å². The highest BCUT2D eigenvalue weighted by atomic mass is 16.5. The first-order valence-corrected chi connectivity index (χ1v) is 15.0. The van der Waals surface area contributed by atoms with E-state index in [9.17, 15) is 14.4 Å². The van der Waals surface area contributed by atoms with Crippen LogP contribution in [0.1, 0.15) is 57.2 Å². The van der Waals surface area contributed by atoms with Crippen molar-refractivity contribution in [2.75, 3.05) is 26.0 Å². The molecule has 11 nitrogen and oxygen atoms in total. The molecule has 0 unspecified atom stereocenters.